The first kappa shape index (κ1) is 33.7. The van der Waals surface area contributed by atoms with E-state index in [0.717, 1.165) is 15.4 Å². The maximum Gasteiger partial charge on any atom is 0.264 e. The number of benzene rings is 4. The normalized spacial score (nSPS) is 12.0. The Kier molecular flexibility index (Phi) is 11.4. The van der Waals surface area contributed by atoms with Gasteiger partial charge in [-0.3, -0.25) is 13.9 Å². The highest BCUT2D eigenvalue weighted by Gasteiger charge is 2.35. The molecule has 0 spiro atoms. The van der Waals surface area contributed by atoms with Gasteiger partial charge in [-0.15, -0.1) is 0 Å². The summed E-state index contributed by atoms with van der Waals surface area (Å²) in [4.78, 5) is 29.4. The summed E-state index contributed by atoms with van der Waals surface area (Å²) in [5, 5.41) is 3.28. The zero-order chi connectivity index (χ0) is 32.6. The zero-order valence-corrected chi connectivity index (χ0v) is 27.1. The van der Waals surface area contributed by atoms with Gasteiger partial charge in [-0.05, 0) is 66.4 Å². The molecule has 0 saturated carbocycles. The fourth-order valence-electron chi connectivity index (χ4n) is 4.83. The van der Waals surface area contributed by atoms with E-state index in [0.29, 0.717) is 11.6 Å². The van der Waals surface area contributed by atoms with Crippen LogP contribution < -0.4 is 9.62 Å². The third-order valence-electron chi connectivity index (χ3n) is 7.22. The lowest BCUT2D eigenvalue weighted by Crippen LogP contribution is -2.53. The highest BCUT2D eigenvalue weighted by molar-refractivity contribution is 7.92. The molecule has 4 rings (SSSR count). The SMILES string of the molecule is Cc1cccc(N(CC(=O)N(Cc2ccccc2F)[C@@H](Cc2ccccc2)C(=O)NCC(C)C)S(=O)(=O)c2ccc(Cl)cc2)c1. The fourth-order valence-corrected chi connectivity index (χ4v) is 6.36. The van der Waals surface area contributed by atoms with Crippen molar-refractivity contribution in [3.63, 3.8) is 0 Å². The number of hydrogen-bond donors (Lipinski definition) is 1. The van der Waals surface area contributed by atoms with Gasteiger partial charge in [0.05, 0.1) is 10.6 Å². The third kappa shape index (κ3) is 8.93. The fraction of sp³-hybridized carbons (Fsp3) is 0.257. The lowest BCUT2D eigenvalue weighted by molar-refractivity contribution is -0.140. The van der Waals surface area contributed by atoms with Crippen LogP contribution in [0.2, 0.25) is 5.02 Å². The van der Waals surface area contributed by atoms with E-state index in [2.05, 4.69) is 5.32 Å². The highest BCUT2D eigenvalue weighted by atomic mass is 35.5. The average Bonchev–Trinajstić information content (AvgIpc) is 3.01. The molecule has 236 valence electrons. The van der Waals surface area contributed by atoms with Crippen LogP contribution >= 0.6 is 11.6 Å². The minimum atomic E-state index is -4.27. The van der Waals surface area contributed by atoms with Crippen LogP contribution in [0.25, 0.3) is 0 Å². The van der Waals surface area contributed by atoms with Crippen LogP contribution in [0.1, 0.15) is 30.5 Å². The summed E-state index contributed by atoms with van der Waals surface area (Å²) in [6.45, 7) is 5.21. The predicted octanol–water partition coefficient (Wildman–Crippen LogP) is 6.40. The van der Waals surface area contributed by atoms with Crippen LogP contribution in [0.4, 0.5) is 10.1 Å². The van der Waals surface area contributed by atoms with Gasteiger partial charge >= 0.3 is 0 Å². The van der Waals surface area contributed by atoms with Crippen LogP contribution in [0.5, 0.6) is 0 Å². The van der Waals surface area contributed by atoms with Crippen LogP contribution in [0.15, 0.2) is 108 Å². The van der Waals surface area contributed by atoms with E-state index in [1.54, 1.807) is 36.4 Å². The smallest absolute Gasteiger partial charge is 0.264 e. The van der Waals surface area contributed by atoms with Gasteiger partial charge in [-0.25, -0.2) is 12.8 Å². The van der Waals surface area contributed by atoms with E-state index < -0.39 is 40.2 Å². The number of amides is 2. The molecule has 4 aromatic rings. The summed E-state index contributed by atoms with van der Waals surface area (Å²) in [6, 6.07) is 26.6. The van der Waals surface area contributed by atoms with E-state index in [9.17, 15) is 18.0 Å². The van der Waals surface area contributed by atoms with E-state index in [1.807, 2.05) is 57.2 Å². The second kappa shape index (κ2) is 15.2. The summed E-state index contributed by atoms with van der Waals surface area (Å²) in [7, 11) is -4.27. The molecule has 0 aliphatic heterocycles. The number of carbonyl (C=O) groups excluding carboxylic acids is 2. The molecule has 4 aromatic carbocycles. The monoisotopic (exact) mass is 649 g/mol. The molecule has 0 unspecified atom stereocenters. The van der Waals surface area contributed by atoms with Gasteiger partial charge in [0.2, 0.25) is 11.8 Å². The first-order chi connectivity index (χ1) is 21.5. The first-order valence-electron chi connectivity index (χ1n) is 14.6. The lowest BCUT2D eigenvalue weighted by atomic mass is 10.0. The molecule has 1 atom stereocenters. The Bertz CT molecular complexity index is 1720. The van der Waals surface area contributed by atoms with E-state index in [1.165, 1.54) is 35.2 Å². The van der Waals surface area contributed by atoms with Crippen LogP contribution in [-0.4, -0.2) is 44.3 Å². The zero-order valence-electron chi connectivity index (χ0n) is 25.5. The summed E-state index contributed by atoms with van der Waals surface area (Å²) >= 11 is 6.03. The number of aryl methyl sites for hydroxylation is 1. The van der Waals surface area contributed by atoms with Gasteiger partial charge in [0, 0.05) is 30.1 Å². The molecule has 0 aliphatic carbocycles. The van der Waals surface area contributed by atoms with Gasteiger partial charge in [0.15, 0.2) is 0 Å². The van der Waals surface area contributed by atoms with Crippen molar-refractivity contribution in [3.8, 4) is 0 Å². The molecule has 0 aromatic heterocycles. The molecule has 0 heterocycles. The lowest BCUT2D eigenvalue weighted by Gasteiger charge is -2.34. The van der Waals surface area contributed by atoms with Crippen LogP contribution in [0, 0.1) is 18.7 Å². The van der Waals surface area contributed by atoms with Crippen molar-refractivity contribution in [1.82, 2.24) is 10.2 Å². The van der Waals surface area contributed by atoms with Gasteiger partial charge in [0.1, 0.15) is 18.4 Å². The van der Waals surface area contributed by atoms with Gasteiger partial charge in [0.25, 0.3) is 10.0 Å². The number of rotatable bonds is 13. The standard InChI is InChI=1S/C35H37ClFN3O4S/c1-25(2)22-38-35(42)33(21-27-11-5-4-6-12-27)39(23-28-13-7-8-15-32(28)37)34(41)24-40(30-14-9-10-26(3)20-30)45(43,44)31-18-16-29(36)17-19-31/h4-20,25,33H,21-24H2,1-3H3,(H,38,42)/t33-/m0/s1. The van der Waals surface area contributed by atoms with Crippen molar-refractivity contribution in [2.75, 3.05) is 17.4 Å². The number of sulfonamides is 1. The van der Waals surface area contributed by atoms with Crippen molar-refractivity contribution in [3.05, 3.63) is 131 Å². The molecule has 0 radical (unpaired) electrons. The third-order valence-corrected chi connectivity index (χ3v) is 9.26. The van der Waals surface area contributed by atoms with E-state index in [4.69, 9.17) is 11.6 Å². The number of halogens is 2. The van der Waals surface area contributed by atoms with Crippen molar-refractivity contribution < 1.29 is 22.4 Å². The molecule has 45 heavy (non-hydrogen) atoms. The number of nitrogens with one attached hydrogen (secondary N) is 1. The van der Waals surface area contributed by atoms with E-state index >= 15 is 4.39 Å². The summed E-state index contributed by atoms with van der Waals surface area (Å²) < 4.78 is 44.2. The van der Waals surface area contributed by atoms with Crippen molar-refractivity contribution in [2.45, 2.75) is 44.7 Å². The number of anilines is 1. The average molecular weight is 650 g/mol. The topological polar surface area (TPSA) is 86.8 Å². The molecule has 1 N–H and O–H groups in total. The van der Waals surface area contributed by atoms with Crippen LogP contribution in [-0.2, 0) is 32.6 Å². The van der Waals surface area contributed by atoms with Crippen molar-refractivity contribution in [2.24, 2.45) is 5.92 Å². The maximum atomic E-state index is 15.0. The second-order valence-corrected chi connectivity index (χ2v) is 13.6. The molecule has 2 amide bonds. The first-order valence-corrected chi connectivity index (χ1v) is 16.5. The van der Waals surface area contributed by atoms with Crippen molar-refractivity contribution >= 4 is 39.1 Å². The predicted molar refractivity (Wildman–Crippen MR) is 176 cm³/mol. The summed E-state index contributed by atoms with van der Waals surface area (Å²) in [6.07, 6.45) is 0.138. The minimum Gasteiger partial charge on any atom is -0.354 e. The molecular formula is C35H37ClFN3O4S. The maximum absolute atomic E-state index is 15.0. The second-order valence-electron chi connectivity index (χ2n) is 11.3. The van der Waals surface area contributed by atoms with Gasteiger partial charge < -0.3 is 10.2 Å². The molecular weight excluding hydrogens is 613 g/mol. The Balaban J connectivity index is 1.81. The van der Waals surface area contributed by atoms with E-state index in [-0.39, 0.29) is 35.0 Å². The summed E-state index contributed by atoms with van der Waals surface area (Å²) in [5.41, 5.74) is 2.04. The molecule has 0 bridgehead atoms. The molecule has 7 nitrogen and oxygen atoms in total. The number of nitrogens with zero attached hydrogens (tertiary/aromatic N) is 2. The van der Waals surface area contributed by atoms with Crippen LogP contribution in [0.3, 0.4) is 0 Å². The van der Waals surface area contributed by atoms with Crippen molar-refractivity contribution in [1.29, 1.82) is 0 Å². The Morgan fingerprint density at radius 2 is 1.56 bits per heavy atom. The Morgan fingerprint density at radius 1 is 0.889 bits per heavy atom. The Morgan fingerprint density at radius 3 is 2.20 bits per heavy atom. The Labute approximate surface area is 269 Å². The Hall–Kier alpha value is -4.21. The highest BCUT2D eigenvalue weighted by Crippen LogP contribution is 2.27. The minimum absolute atomic E-state index is 0.0580. The molecule has 0 aliphatic rings. The largest absolute Gasteiger partial charge is 0.354 e. The molecule has 10 heteroatoms. The van der Waals surface area contributed by atoms with Gasteiger partial charge in [-0.2, -0.15) is 0 Å². The molecule has 0 fully saturated rings. The summed E-state index contributed by atoms with van der Waals surface area (Å²) in [5.74, 6) is -1.48. The number of carbonyl (C=O) groups is 2. The quantitative estimate of drug-likeness (QED) is 0.182. The number of hydrogen-bond acceptors (Lipinski definition) is 4. The van der Waals surface area contributed by atoms with Gasteiger partial charge in [-0.1, -0.05) is 86.1 Å². The molecule has 0 saturated heterocycles.